The number of benzene rings is 1. The van der Waals surface area contributed by atoms with Gasteiger partial charge in [-0.15, -0.1) is 0 Å². The number of carbonyl (C=O) groups excluding carboxylic acids is 1. The van der Waals surface area contributed by atoms with Crippen LogP contribution in [0.2, 0.25) is 0 Å². The Bertz CT molecular complexity index is 895. The van der Waals surface area contributed by atoms with E-state index in [0.717, 1.165) is 36.8 Å². The lowest BCUT2D eigenvalue weighted by atomic mass is 9.79. The SMILES string of the molecule is CCc1cc(N(C)C)nc(NC2CCC(c3c(C(N)=O)ccc(F)c3F)CC2)n1. The topological polar surface area (TPSA) is 84.1 Å². The normalized spacial score (nSPS) is 19.1. The molecular weight excluding hydrogens is 376 g/mol. The van der Waals surface area contributed by atoms with Crippen molar-refractivity contribution in [2.75, 3.05) is 24.3 Å². The highest BCUT2D eigenvalue weighted by Gasteiger charge is 2.29. The summed E-state index contributed by atoms with van der Waals surface area (Å²) in [6, 6.07) is 4.31. The van der Waals surface area contributed by atoms with Gasteiger partial charge in [0.05, 0.1) is 0 Å². The van der Waals surface area contributed by atoms with Crippen LogP contribution in [-0.4, -0.2) is 36.0 Å². The number of hydrogen-bond donors (Lipinski definition) is 2. The minimum absolute atomic E-state index is 0.0647. The maximum Gasteiger partial charge on any atom is 0.249 e. The third-order valence-electron chi connectivity index (χ3n) is 5.45. The Hall–Kier alpha value is -2.77. The lowest BCUT2D eigenvalue weighted by molar-refractivity contribution is 0.0998. The van der Waals surface area contributed by atoms with Gasteiger partial charge in [0.15, 0.2) is 11.6 Å². The van der Waals surface area contributed by atoms with Crippen molar-refractivity contribution in [3.63, 3.8) is 0 Å². The van der Waals surface area contributed by atoms with Gasteiger partial charge in [-0.25, -0.2) is 13.8 Å². The summed E-state index contributed by atoms with van der Waals surface area (Å²) >= 11 is 0. The third kappa shape index (κ3) is 4.63. The Balaban J connectivity index is 1.73. The summed E-state index contributed by atoms with van der Waals surface area (Å²) < 4.78 is 28.2. The first-order chi connectivity index (χ1) is 13.8. The summed E-state index contributed by atoms with van der Waals surface area (Å²) in [7, 11) is 3.86. The molecule has 1 aliphatic rings. The van der Waals surface area contributed by atoms with Crippen LogP contribution in [0.5, 0.6) is 0 Å². The van der Waals surface area contributed by atoms with E-state index < -0.39 is 17.5 Å². The Labute approximate surface area is 169 Å². The number of rotatable bonds is 6. The summed E-state index contributed by atoms with van der Waals surface area (Å²) in [6.07, 6.45) is 3.50. The average molecular weight is 403 g/mol. The molecule has 1 amide bonds. The van der Waals surface area contributed by atoms with Crippen LogP contribution in [0, 0.1) is 11.6 Å². The van der Waals surface area contributed by atoms with Crippen LogP contribution in [0.4, 0.5) is 20.5 Å². The number of nitrogens with one attached hydrogen (secondary N) is 1. The number of anilines is 2. The van der Waals surface area contributed by atoms with Gasteiger partial charge in [-0.2, -0.15) is 4.98 Å². The number of nitrogens with two attached hydrogens (primary N) is 1. The first kappa shape index (κ1) is 21.0. The Morgan fingerprint density at radius 1 is 1.21 bits per heavy atom. The lowest BCUT2D eigenvalue weighted by Gasteiger charge is -2.30. The first-order valence-corrected chi connectivity index (χ1v) is 9.89. The molecule has 0 bridgehead atoms. The van der Waals surface area contributed by atoms with Crippen LogP contribution in [0.3, 0.4) is 0 Å². The number of hydrogen-bond acceptors (Lipinski definition) is 5. The molecule has 1 aromatic carbocycles. The predicted octanol–water partition coefficient (Wildman–Crippen LogP) is 3.62. The van der Waals surface area contributed by atoms with E-state index in [0.29, 0.717) is 18.8 Å². The van der Waals surface area contributed by atoms with Crippen LogP contribution in [-0.2, 0) is 6.42 Å². The van der Waals surface area contributed by atoms with E-state index >= 15 is 0 Å². The Morgan fingerprint density at radius 3 is 2.48 bits per heavy atom. The Morgan fingerprint density at radius 2 is 1.90 bits per heavy atom. The van der Waals surface area contributed by atoms with Crippen LogP contribution in [0.1, 0.15) is 60.1 Å². The molecule has 0 saturated heterocycles. The van der Waals surface area contributed by atoms with Gasteiger partial charge in [0, 0.05) is 43.0 Å². The molecule has 0 radical (unpaired) electrons. The van der Waals surface area contributed by atoms with E-state index in [-0.39, 0.29) is 23.1 Å². The third-order valence-corrected chi connectivity index (χ3v) is 5.45. The highest BCUT2D eigenvalue weighted by Crippen LogP contribution is 2.37. The minimum Gasteiger partial charge on any atom is -0.366 e. The zero-order valence-electron chi connectivity index (χ0n) is 17.0. The fourth-order valence-corrected chi connectivity index (χ4v) is 3.85. The van der Waals surface area contributed by atoms with Gasteiger partial charge < -0.3 is 16.0 Å². The van der Waals surface area contributed by atoms with Crippen molar-refractivity contribution < 1.29 is 13.6 Å². The molecule has 0 atom stereocenters. The zero-order chi connectivity index (χ0) is 21.1. The number of primary amides is 1. The zero-order valence-corrected chi connectivity index (χ0v) is 17.0. The van der Waals surface area contributed by atoms with Crippen LogP contribution >= 0.6 is 0 Å². The van der Waals surface area contributed by atoms with Gasteiger partial charge in [0.1, 0.15) is 5.82 Å². The second kappa shape index (κ2) is 8.71. The molecule has 156 valence electrons. The molecule has 6 nitrogen and oxygen atoms in total. The number of amides is 1. The van der Waals surface area contributed by atoms with E-state index in [4.69, 9.17) is 5.73 Å². The molecular formula is C21H27F2N5O. The highest BCUT2D eigenvalue weighted by molar-refractivity contribution is 5.94. The standard InChI is InChI=1S/C21H27F2N5O/c1-4-13-11-17(28(2)3)27-21(25-13)26-14-7-5-12(6-8-14)18-15(20(24)29)9-10-16(22)19(18)23/h9-12,14H,4-8H2,1-3H3,(H2,24,29)(H,25,26,27). The molecule has 1 saturated carbocycles. The second-order valence-corrected chi connectivity index (χ2v) is 7.67. The van der Waals surface area contributed by atoms with Gasteiger partial charge in [0.2, 0.25) is 11.9 Å². The fraction of sp³-hybridized carbons (Fsp3) is 0.476. The van der Waals surface area contributed by atoms with Crippen LogP contribution in [0.25, 0.3) is 0 Å². The van der Waals surface area contributed by atoms with Crippen molar-refractivity contribution in [1.29, 1.82) is 0 Å². The van der Waals surface area contributed by atoms with Crippen molar-refractivity contribution in [2.45, 2.75) is 51.0 Å². The molecule has 0 unspecified atom stereocenters. The van der Waals surface area contributed by atoms with E-state index in [9.17, 15) is 13.6 Å². The molecule has 1 aromatic heterocycles. The number of nitrogens with zero attached hydrogens (tertiary/aromatic N) is 3. The van der Waals surface area contributed by atoms with Crippen molar-refractivity contribution in [3.8, 4) is 0 Å². The second-order valence-electron chi connectivity index (χ2n) is 7.67. The van der Waals surface area contributed by atoms with Crippen molar-refractivity contribution in [1.82, 2.24) is 9.97 Å². The van der Waals surface area contributed by atoms with Crippen LogP contribution in [0.15, 0.2) is 18.2 Å². The summed E-state index contributed by atoms with van der Waals surface area (Å²) in [5, 5.41) is 3.38. The van der Waals surface area contributed by atoms with Gasteiger partial charge in [0.25, 0.3) is 0 Å². The molecule has 1 heterocycles. The summed E-state index contributed by atoms with van der Waals surface area (Å²) in [6.45, 7) is 2.04. The molecule has 0 aliphatic heterocycles. The van der Waals surface area contributed by atoms with Gasteiger partial charge in [-0.3, -0.25) is 4.79 Å². The average Bonchev–Trinajstić information content (AvgIpc) is 2.70. The van der Waals surface area contributed by atoms with E-state index in [1.165, 1.54) is 6.07 Å². The first-order valence-electron chi connectivity index (χ1n) is 9.89. The maximum absolute atomic E-state index is 14.4. The largest absolute Gasteiger partial charge is 0.366 e. The fourth-order valence-electron chi connectivity index (χ4n) is 3.85. The molecule has 1 fully saturated rings. The van der Waals surface area contributed by atoms with Crippen LogP contribution < -0.4 is 16.0 Å². The predicted molar refractivity (Wildman–Crippen MR) is 109 cm³/mol. The van der Waals surface area contributed by atoms with E-state index in [1.54, 1.807) is 0 Å². The summed E-state index contributed by atoms with van der Waals surface area (Å²) in [5.41, 5.74) is 6.50. The maximum atomic E-state index is 14.4. The van der Waals surface area contributed by atoms with Crippen molar-refractivity contribution in [2.24, 2.45) is 5.73 Å². The Kier molecular flexibility index (Phi) is 6.30. The van der Waals surface area contributed by atoms with E-state index in [2.05, 4.69) is 15.3 Å². The number of carbonyl (C=O) groups is 1. The molecule has 2 aromatic rings. The highest BCUT2D eigenvalue weighted by atomic mass is 19.2. The van der Waals surface area contributed by atoms with E-state index in [1.807, 2.05) is 32.0 Å². The molecule has 3 rings (SSSR count). The quantitative estimate of drug-likeness (QED) is 0.770. The monoisotopic (exact) mass is 403 g/mol. The summed E-state index contributed by atoms with van der Waals surface area (Å²) in [4.78, 5) is 22.7. The van der Waals surface area contributed by atoms with Gasteiger partial charge in [-0.05, 0) is 50.2 Å². The minimum atomic E-state index is -0.965. The van der Waals surface area contributed by atoms with Gasteiger partial charge in [-0.1, -0.05) is 6.92 Å². The molecule has 29 heavy (non-hydrogen) atoms. The molecule has 3 N–H and O–H groups in total. The number of halogens is 2. The number of aromatic nitrogens is 2. The number of aryl methyl sites for hydroxylation is 1. The summed E-state index contributed by atoms with van der Waals surface area (Å²) in [5.74, 6) is -1.49. The molecule has 1 aliphatic carbocycles. The van der Waals surface area contributed by atoms with Gasteiger partial charge >= 0.3 is 0 Å². The molecule has 0 spiro atoms. The van der Waals surface area contributed by atoms with Crippen molar-refractivity contribution >= 4 is 17.7 Å². The van der Waals surface area contributed by atoms with Crippen molar-refractivity contribution in [3.05, 3.63) is 46.7 Å². The smallest absolute Gasteiger partial charge is 0.249 e. The lowest BCUT2D eigenvalue weighted by Crippen LogP contribution is -2.28. The molecule has 8 heteroatoms.